The molecule has 0 aromatic carbocycles. The van der Waals surface area contributed by atoms with E-state index in [1.165, 1.54) is 11.3 Å². The van der Waals surface area contributed by atoms with E-state index < -0.39 is 0 Å². The Hall–Kier alpha value is -1.62. The molecule has 0 saturated carbocycles. The highest BCUT2D eigenvalue weighted by Gasteiger charge is 2.08. The van der Waals surface area contributed by atoms with Crippen LogP contribution >= 0.6 is 11.3 Å². The molecule has 2 aromatic rings. The number of hydrogen-bond donors (Lipinski definition) is 1. The van der Waals surface area contributed by atoms with Crippen molar-refractivity contribution in [3.8, 4) is 0 Å². The number of rotatable bonds is 5. The lowest BCUT2D eigenvalue weighted by molar-refractivity contribution is 0.748. The maximum Gasteiger partial charge on any atom is 0.307 e. The van der Waals surface area contributed by atoms with Crippen LogP contribution in [0.1, 0.15) is 29.5 Å². The molecule has 0 atom stereocenters. The fourth-order valence-corrected chi connectivity index (χ4v) is 2.66. The second-order valence-corrected chi connectivity index (χ2v) is 5.74. The van der Waals surface area contributed by atoms with E-state index in [4.69, 9.17) is 0 Å². The van der Waals surface area contributed by atoms with Crippen LogP contribution in [0.3, 0.4) is 0 Å². The fraction of sp³-hybridized carbons (Fsp3) is 0.429. The summed E-state index contributed by atoms with van der Waals surface area (Å²) >= 11 is 1.30. The summed E-state index contributed by atoms with van der Waals surface area (Å²) in [5.41, 5.74) is 2.09. The monoisotopic (exact) mass is 277 g/mol. The lowest BCUT2D eigenvalue weighted by Gasteiger charge is -2.07. The molecule has 0 amide bonds. The van der Waals surface area contributed by atoms with Gasteiger partial charge in [-0.05, 0) is 31.9 Å². The molecule has 19 heavy (non-hydrogen) atoms. The van der Waals surface area contributed by atoms with Crippen LogP contribution < -0.4 is 10.2 Å². The Bertz CT molecular complexity index is 598. The minimum Gasteiger partial charge on any atom is -0.370 e. The van der Waals surface area contributed by atoms with Gasteiger partial charge in [-0.3, -0.25) is 9.36 Å². The van der Waals surface area contributed by atoms with Crippen molar-refractivity contribution in [3.63, 3.8) is 0 Å². The molecule has 0 aliphatic rings. The molecule has 2 heterocycles. The third-order valence-corrected chi connectivity index (χ3v) is 4.09. The first-order valence-corrected chi connectivity index (χ1v) is 7.29. The Labute approximate surface area is 117 Å². The van der Waals surface area contributed by atoms with Crippen LogP contribution in [0, 0.1) is 13.8 Å². The Morgan fingerprint density at radius 1 is 1.37 bits per heavy atom. The number of thiazole rings is 1. The third-order valence-electron chi connectivity index (χ3n) is 3.10. The van der Waals surface area contributed by atoms with E-state index in [9.17, 15) is 4.79 Å². The van der Waals surface area contributed by atoms with Gasteiger partial charge in [0, 0.05) is 23.3 Å². The minimum atomic E-state index is 0.100. The number of nitrogens with one attached hydrogen (secondary N) is 1. The van der Waals surface area contributed by atoms with Crippen LogP contribution in [0.25, 0.3) is 0 Å². The van der Waals surface area contributed by atoms with Gasteiger partial charge in [-0.15, -0.1) is 0 Å². The van der Waals surface area contributed by atoms with Gasteiger partial charge < -0.3 is 5.32 Å². The summed E-state index contributed by atoms with van der Waals surface area (Å²) in [4.78, 5) is 17.4. The molecule has 5 heteroatoms. The van der Waals surface area contributed by atoms with Crippen molar-refractivity contribution in [2.75, 3.05) is 11.9 Å². The van der Waals surface area contributed by atoms with E-state index in [0.29, 0.717) is 6.54 Å². The normalized spacial score (nSPS) is 10.7. The third kappa shape index (κ3) is 3.23. The summed E-state index contributed by atoms with van der Waals surface area (Å²) in [7, 11) is 0. The zero-order valence-corrected chi connectivity index (χ0v) is 12.4. The highest BCUT2D eigenvalue weighted by Crippen LogP contribution is 2.12. The molecule has 0 fully saturated rings. The molecule has 0 saturated heterocycles. The van der Waals surface area contributed by atoms with Crippen LogP contribution in [0.4, 0.5) is 5.82 Å². The van der Waals surface area contributed by atoms with E-state index >= 15 is 0 Å². The van der Waals surface area contributed by atoms with Crippen LogP contribution in [-0.4, -0.2) is 16.1 Å². The molecule has 0 aliphatic carbocycles. The van der Waals surface area contributed by atoms with E-state index in [1.54, 1.807) is 4.57 Å². The van der Waals surface area contributed by atoms with E-state index in [1.807, 2.05) is 32.2 Å². The van der Waals surface area contributed by atoms with Gasteiger partial charge in [0.1, 0.15) is 5.82 Å². The average molecular weight is 277 g/mol. The lowest BCUT2D eigenvalue weighted by atomic mass is 10.2. The van der Waals surface area contributed by atoms with Crippen molar-refractivity contribution in [1.29, 1.82) is 0 Å². The summed E-state index contributed by atoms with van der Waals surface area (Å²) in [6, 6.07) is 3.98. The molecular formula is C14H19N3OS. The van der Waals surface area contributed by atoms with Crippen molar-refractivity contribution < 1.29 is 0 Å². The Balaban J connectivity index is 2.13. The van der Waals surface area contributed by atoms with E-state index in [-0.39, 0.29) is 4.87 Å². The summed E-state index contributed by atoms with van der Waals surface area (Å²) < 4.78 is 1.80. The Morgan fingerprint density at radius 3 is 2.68 bits per heavy atom. The molecule has 0 spiro atoms. The summed E-state index contributed by atoms with van der Waals surface area (Å²) in [5, 5.41) is 3.23. The maximum absolute atomic E-state index is 11.8. The smallest absolute Gasteiger partial charge is 0.307 e. The molecule has 0 radical (unpaired) electrons. The predicted octanol–water partition coefficient (Wildman–Crippen LogP) is 2.79. The molecule has 2 rings (SSSR count). The first-order chi connectivity index (χ1) is 9.11. The predicted molar refractivity (Wildman–Crippen MR) is 80.2 cm³/mol. The molecule has 0 aliphatic heterocycles. The van der Waals surface area contributed by atoms with E-state index in [2.05, 4.69) is 17.2 Å². The quantitative estimate of drug-likeness (QED) is 0.914. The molecular weight excluding hydrogens is 258 g/mol. The van der Waals surface area contributed by atoms with Crippen molar-refractivity contribution in [3.05, 3.63) is 44.1 Å². The lowest BCUT2D eigenvalue weighted by Crippen LogP contribution is -2.15. The summed E-state index contributed by atoms with van der Waals surface area (Å²) in [6.07, 6.45) is 2.91. The molecule has 0 bridgehead atoms. The van der Waals surface area contributed by atoms with Gasteiger partial charge in [-0.1, -0.05) is 24.3 Å². The number of aromatic nitrogens is 2. The molecule has 2 aromatic heterocycles. The average Bonchev–Trinajstić information content (AvgIpc) is 2.64. The fourth-order valence-electron chi connectivity index (χ4n) is 1.83. The van der Waals surface area contributed by atoms with Gasteiger partial charge in [0.25, 0.3) is 0 Å². The van der Waals surface area contributed by atoms with Crippen LogP contribution in [0.2, 0.25) is 0 Å². The van der Waals surface area contributed by atoms with Gasteiger partial charge in [-0.25, -0.2) is 4.98 Å². The van der Waals surface area contributed by atoms with E-state index in [0.717, 1.165) is 34.9 Å². The topological polar surface area (TPSA) is 46.9 Å². The number of nitrogens with zero attached hydrogens (tertiary/aromatic N) is 2. The van der Waals surface area contributed by atoms with Gasteiger partial charge in [-0.2, -0.15) is 0 Å². The first-order valence-electron chi connectivity index (χ1n) is 6.47. The number of hydrogen-bond acceptors (Lipinski definition) is 4. The van der Waals surface area contributed by atoms with Crippen LogP contribution in [0.5, 0.6) is 0 Å². The SMILES string of the molecule is CCCNc1ccc(Cn2c(C)c(C)sc2=O)cn1. The van der Waals surface area contributed by atoms with Crippen LogP contribution in [0.15, 0.2) is 23.1 Å². The largest absolute Gasteiger partial charge is 0.370 e. The molecule has 102 valence electrons. The number of anilines is 1. The van der Waals surface area contributed by atoms with Crippen molar-refractivity contribution >= 4 is 17.2 Å². The highest BCUT2D eigenvalue weighted by atomic mass is 32.1. The standard InChI is InChI=1S/C14H19N3OS/c1-4-7-15-13-6-5-12(8-16-13)9-17-10(2)11(3)19-14(17)18/h5-6,8H,4,7,9H2,1-3H3,(H,15,16). The second kappa shape index (κ2) is 6.02. The second-order valence-electron chi connectivity index (χ2n) is 4.57. The molecule has 0 unspecified atom stereocenters. The maximum atomic E-state index is 11.8. The van der Waals surface area contributed by atoms with Crippen molar-refractivity contribution in [1.82, 2.24) is 9.55 Å². The van der Waals surface area contributed by atoms with Crippen LogP contribution in [-0.2, 0) is 6.54 Å². The minimum absolute atomic E-state index is 0.100. The highest BCUT2D eigenvalue weighted by molar-refractivity contribution is 7.09. The van der Waals surface area contributed by atoms with Gasteiger partial charge >= 0.3 is 4.87 Å². The number of aryl methyl sites for hydroxylation is 1. The van der Waals surface area contributed by atoms with Gasteiger partial charge in [0.05, 0.1) is 6.54 Å². The molecule has 1 N–H and O–H groups in total. The summed E-state index contributed by atoms with van der Waals surface area (Å²) in [5.74, 6) is 0.885. The zero-order chi connectivity index (χ0) is 13.8. The van der Waals surface area contributed by atoms with Gasteiger partial charge in [0.15, 0.2) is 0 Å². The Kier molecular flexibility index (Phi) is 4.37. The van der Waals surface area contributed by atoms with Gasteiger partial charge in [0.2, 0.25) is 0 Å². The summed E-state index contributed by atoms with van der Waals surface area (Å²) in [6.45, 7) is 7.60. The van der Waals surface area contributed by atoms with Crippen molar-refractivity contribution in [2.24, 2.45) is 0 Å². The number of pyridine rings is 1. The zero-order valence-electron chi connectivity index (χ0n) is 11.6. The Morgan fingerprint density at radius 2 is 2.16 bits per heavy atom. The first kappa shape index (κ1) is 13.8. The van der Waals surface area contributed by atoms with Crippen molar-refractivity contribution in [2.45, 2.75) is 33.7 Å². The molecule has 4 nitrogen and oxygen atoms in total.